The van der Waals surface area contributed by atoms with Crippen molar-refractivity contribution in [1.82, 2.24) is 24.1 Å². The summed E-state index contributed by atoms with van der Waals surface area (Å²) in [6.45, 7) is 11.2. The van der Waals surface area contributed by atoms with Crippen molar-refractivity contribution < 1.29 is 9.47 Å². The average Bonchev–Trinajstić information content (AvgIpc) is 3.07. The van der Waals surface area contributed by atoms with Gasteiger partial charge in [-0.2, -0.15) is 0 Å². The molecule has 4 aliphatic rings. The molecule has 0 spiro atoms. The molecule has 7 nitrogen and oxygen atoms in total. The standard InChI is InChI=1S/C18H26ClN5O2S/c19-24-11-15(23-3-7-26-8-4-23)18-16(12-24)27-17(20-18)13-21-9-14(10-21)22-1-5-25-6-2-22/h11,14H,1-10,12-13H2. The van der Waals surface area contributed by atoms with Gasteiger partial charge in [0.1, 0.15) is 10.7 Å². The Morgan fingerprint density at radius 2 is 1.78 bits per heavy atom. The lowest BCUT2D eigenvalue weighted by molar-refractivity contribution is -0.0344. The van der Waals surface area contributed by atoms with Crippen molar-refractivity contribution in [3.8, 4) is 0 Å². The minimum absolute atomic E-state index is 0.686. The second-order valence-corrected chi connectivity index (χ2v) is 9.15. The largest absolute Gasteiger partial charge is 0.379 e. The molecule has 0 unspecified atom stereocenters. The minimum Gasteiger partial charge on any atom is -0.379 e. The van der Waals surface area contributed by atoms with Gasteiger partial charge in [-0.25, -0.2) is 4.98 Å². The summed E-state index contributed by atoms with van der Waals surface area (Å²) < 4.78 is 12.7. The van der Waals surface area contributed by atoms with E-state index < -0.39 is 0 Å². The maximum atomic E-state index is 6.37. The summed E-state index contributed by atoms with van der Waals surface area (Å²) >= 11 is 8.18. The Morgan fingerprint density at radius 1 is 1.07 bits per heavy atom. The van der Waals surface area contributed by atoms with Crippen LogP contribution in [0.5, 0.6) is 0 Å². The number of hydrogen-bond acceptors (Lipinski definition) is 8. The number of thiazole rings is 1. The predicted molar refractivity (Wildman–Crippen MR) is 105 cm³/mol. The molecule has 148 valence electrons. The van der Waals surface area contributed by atoms with Crippen LogP contribution < -0.4 is 0 Å². The lowest BCUT2D eigenvalue weighted by atomic mass is 10.1. The molecule has 0 aliphatic carbocycles. The molecule has 0 atom stereocenters. The summed E-state index contributed by atoms with van der Waals surface area (Å²) in [6.07, 6.45) is 2.02. The van der Waals surface area contributed by atoms with Gasteiger partial charge in [0.25, 0.3) is 0 Å². The lowest BCUT2D eigenvalue weighted by Gasteiger charge is -2.46. The van der Waals surface area contributed by atoms with Gasteiger partial charge >= 0.3 is 0 Å². The summed E-state index contributed by atoms with van der Waals surface area (Å²) in [7, 11) is 0. The lowest BCUT2D eigenvalue weighted by Crippen LogP contribution is -2.60. The van der Waals surface area contributed by atoms with Gasteiger partial charge < -0.3 is 14.4 Å². The van der Waals surface area contributed by atoms with Crippen molar-refractivity contribution in [3.05, 3.63) is 21.8 Å². The number of likely N-dealkylation sites (tertiary alicyclic amines) is 1. The van der Waals surface area contributed by atoms with Crippen molar-refractivity contribution in [1.29, 1.82) is 0 Å². The molecule has 1 aromatic heterocycles. The van der Waals surface area contributed by atoms with E-state index in [1.807, 2.05) is 17.5 Å². The highest BCUT2D eigenvalue weighted by molar-refractivity contribution is 7.11. The molecule has 0 radical (unpaired) electrons. The van der Waals surface area contributed by atoms with E-state index in [2.05, 4.69) is 14.7 Å². The molecule has 0 bridgehead atoms. The molecular weight excluding hydrogens is 386 g/mol. The van der Waals surface area contributed by atoms with Crippen LogP contribution in [-0.2, 0) is 22.6 Å². The van der Waals surface area contributed by atoms with E-state index in [0.717, 1.165) is 90.2 Å². The fourth-order valence-electron chi connectivity index (χ4n) is 4.22. The SMILES string of the molecule is ClN1C=C(N2CCOCC2)c2nc(CN3CC(N4CCOCC4)C3)sc2C1. The number of hydrogen-bond donors (Lipinski definition) is 0. The molecule has 3 fully saturated rings. The third-order valence-corrected chi connectivity index (χ3v) is 6.99. The van der Waals surface area contributed by atoms with E-state index in [1.165, 1.54) is 9.88 Å². The topological polar surface area (TPSA) is 44.3 Å². The zero-order valence-corrected chi connectivity index (χ0v) is 17.1. The third-order valence-electron chi connectivity index (χ3n) is 5.75. The Hall–Kier alpha value is -0.900. The van der Waals surface area contributed by atoms with Gasteiger partial charge in [-0.1, -0.05) is 0 Å². The van der Waals surface area contributed by atoms with Crippen molar-refractivity contribution in [2.45, 2.75) is 19.1 Å². The van der Waals surface area contributed by atoms with E-state index >= 15 is 0 Å². The first-order valence-corrected chi connectivity index (χ1v) is 10.9. The zero-order chi connectivity index (χ0) is 18.2. The highest BCUT2D eigenvalue weighted by atomic mass is 35.5. The van der Waals surface area contributed by atoms with E-state index in [-0.39, 0.29) is 0 Å². The summed E-state index contributed by atoms with van der Waals surface area (Å²) in [5, 5.41) is 1.20. The Balaban J connectivity index is 1.23. The Bertz CT molecular complexity index is 696. The quantitative estimate of drug-likeness (QED) is 0.691. The molecule has 1 aromatic rings. The molecule has 0 N–H and O–H groups in total. The Kier molecular flexibility index (Phi) is 5.28. The molecule has 0 saturated carbocycles. The van der Waals surface area contributed by atoms with Crippen molar-refractivity contribution >= 4 is 28.8 Å². The van der Waals surface area contributed by atoms with Gasteiger partial charge in [0.05, 0.1) is 50.1 Å². The molecule has 27 heavy (non-hydrogen) atoms. The van der Waals surface area contributed by atoms with Gasteiger partial charge in [-0.05, 0) is 0 Å². The number of nitrogens with zero attached hydrogens (tertiary/aromatic N) is 5. The fourth-order valence-corrected chi connectivity index (χ4v) is 5.63. The first-order valence-electron chi connectivity index (χ1n) is 9.76. The molecular formula is C18H26ClN5O2S. The highest BCUT2D eigenvalue weighted by Crippen LogP contribution is 2.35. The zero-order valence-electron chi connectivity index (χ0n) is 15.5. The first kappa shape index (κ1) is 18.1. The van der Waals surface area contributed by atoms with E-state index in [1.54, 1.807) is 4.42 Å². The van der Waals surface area contributed by atoms with Crippen molar-refractivity contribution in [3.63, 3.8) is 0 Å². The Labute approximate surface area is 169 Å². The smallest absolute Gasteiger partial charge is 0.108 e. The number of rotatable bonds is 4. The summed E-state index contributed by atoms with van der Waals surface area (Å²) in [5.41, 5.74) is 2.27. The third kappa shape index (κ3) is 3.83. The molecule has 0 amide bonds. The van der Waals surface area contributed by atoms with Crippen LogP contribution in [0.15, 0.2) is 6.20 Å². The van der Waals surface area contributed by atoms with Gasteiger partial charge in [0, 0.05) is 63.3 Å². The fraction of sp³-hybridized carbons (Fsp3) is 0.722. The van der Waals surface area contributed by atoms with Crippen LogP contribution in [-0.4, -0.2) is 95.8 Å². The number of halogens is 1. The Morgan fingerprint density at radius 3 is 2.52 bits per heavy atom. The van der Waals surface area contributed by atoms with Gasteiger partial charge in [-0.15, -0.1) is 11.3 Å². The van der Waals surface area contributed by atoms with Gasteiger partial charge in [0.2, 0.25) is 0 Å². The van der Waals surface area contributed by atoms with Crippen LogP contribution in [0, 0.1) is 0 Å². The number of morpholine rings is 2. The van der Waals surface area contributed by atoms with E-state index in [0.29, 0.717) is 6.04 Å². The summed E-state index contributed by atoms with van der Waals surface area (Å²) in [6, 6.07) is 0.686. The maximum Gasteiger partial charge on any atom is 0.108 e. The summed E-state index contributed by atoms with van der Waals surface area (Å²) in [5.74, 6) is 0. The predicted octanol–water partition coefficient (Wildman–Crippen LogP) is 1.26. The monoisotopic (exact) mass is 411 g/mol. The number of aromatic nitrogens is 1. The first-order chi connectivity index (χ1) is 13.3. The molecule has 4 aliphatic heterocycles. The molecule has 5 heterocycles. The molecule has 5 rings (SSSR count). The van der Waals surface area contributed by atoms with Crippen LogP contribution in [0.25, 0.3) is 5.70 Å². The highest BCUT2D eigenvalue weighted by Gasteiger charge is 2.34. The molecule has 3 saturated heterocycles. The van der Waals surface area contributed by atoms with Crippen LogP contribution in [0.2, 0.25) is 0 Å². The minimum atomic E-state index is 0.686. The number of ether oxygens (including phenoxy) is 2. The summed E-state index contributed by atoms with van der Waals surface area (Å²) in [4.78, 5) is 13.7. The average molecular weight is 412 g/mol. The van der Waals surface area contributed by atoms with E-state index in [4.69, 9.17) is 26.2 Å². The van der Waals surface area contributed by atoms with Crippen LogP contribution >= 0.6 is 23.1 Å². The van der Waals surface area contributed by atoms with Crippen LogP contribution in [0.4, 0.5) is 0 Å². The molecule has 0 aromatic carbocycles. The normalized spacial score (nSPS) is 25.3. The second-order valence-electron chi connectivity index (χ2n) is 7.55. The maximum absolute atomic E-state index is 6.37. The van der Waals surface area contributed by atoms with Crippen molar-refractivity contribution in [2.24, 2.45) is 0 Å². The van der Waals surface area contributed by atoms with Gasteiger partial charge in [0.15, 0.2) is 0 Å². The van der Waals surface area contributed by atoms with Crippen LogP contribution in [0.3, 0.4) is 0 Å². The van der Waals surface area contributed by atoms with Crippen molar-refractivity contribution in [2.75, 3.05) is 65.7 Å². The number of fused-ring (bicyclic) bond motifs is 1. The van der Waals surface area contributed by atoms with E-state index in [9.17, 15) is 0 Å². The molecule has 9 heteroatoms. The second kappa shape index (κ2) is 7.85. The van der Waals surface area contributed by atoms with Crippen LogP contribution in [0.1, 0.15) is 15.6 Å². The van der Waals surface area contributed by atoms with Gasteiger partial charge in [-0.3, -0.25) is 14.2 Å².